The van der Waals surface area contributed by atoms with Crippen LogP contribution in [0, 0.1) is 19.8 Å². The van der Waals surface area contributed by atoms with Crippen LogP contribution in [0.5, 0.6) is 0 Å². The predicted molar refractivity (Wildman–Crippen MR) is 122 cm³/mol. The van der Waals surface area contributed by atoms with E-state index in [-0.39, 0.29) is 24.2 Å². The minimum atomic E-state index is -0.492. The molecule has 0 saturated carbocycles. The van der Waals surface area contributed by atoms with Gasteiger partial charge in [-0.2, -0.15) is 0 Å². The largest absolute Gasteiger partial charge is 0.368 e. The standard InChI is InChI=1S/C25H33N3O2/c1-18(2)24(26-23(29)17-21-10-6-5-7-11-21)25(30)28-15-13-27(14-16-28)22-12-8-9-19(3)20(22)4/h5-12,18,24H,13-17H2,1-4H3,(H,26,29)/t24-/m0/s1. The Morgan fingerprint density at radius 1 is 0.933 bits per heavy atom. The number of carbonyl (C=O) groups excluding carboxylic acids is 2. The molecule has 30 heavy (non-hydrogen) atoms. The van der Waals surface area contributed by atoms with Gasteiger partial charge in [-0.1, -0.05) is 56.3 Å². The Morgan fingerprint density at radius 2 is 1.60 bits per heavy atom. The highest BCUT2D eigenvalue weighted by atomic mass is 16.2. The van der Waals surface area contributed by atoms with E-state index in [0.29, 0.717) is 13.1 Å². The molecule has 1 N–H and O–H groups in total. The molecule has 2 aromatic rings. The molecule has 5 heteroatoms. The lowest BCUT2D eigenvalue weighted by atomic mass is 10.0. The van der Waals surface area contributed by atoms with E-state index in [1.807, 2.05) is 49.1 Å². The molecule has 1 saturated heterocycles. The second-order valence-electron chi connectivity index (χ2n) is 8.48. The lowest BCUT2D eigenvalue weighted by Crippen LogP contribution is -2.56. The van der Waals surface area contributed by atoms with Crippen LogP contribution in [0.15, 0.2) is 48.5 Å². The van der Waals surface area contributed by atoms with Crippen LogP contribution >= 0.6 is 0 Å². The highest BCUT2D eigenvalue weighted by molar-refractivity contribution is 5.88. The Hall–Kier alpha value is -2.82. The first-order chi connectivity index (χ1) is 14.4. The summed E-state index contributed by atoms with van der Waals surface area (Å²) in [5, 5.41) is 2.98. The fourth-order valence-electron chi connectivity index (χ4n) is 3.96. The van der Waals surface area contributed by atoms with Crippen molar-refractivity contribution in [2.75, 3.05) is 31.1 Å². The number of amides is 2. The van der Waals surface area contributed by atoms with Gasteiger partial charge in [0.1, 0.15) is 6.04 Å². The number of aryl methyl sites for hydroxylation is 1. The van der Waals surface area contributed by atoms with E-state index in [2.05, 4.69) is 42.3 Å². The molecule has 1 heterocycles. The van der Waals surface area contributed by atoms with Gasteiger partial charge in [-0.25, -0.2) is 0 Å². The molecule has 0 unspecified atom stereocenters. The van der Waals surface area contributed by atoms with E-state index in [9.17, 15) is 9.59 Å². The molecule has 1 fully saturated rings. The molecule has 5 nitrogen and oxygen atoms in total. The van der Waals surface area contributed by atoms with Crippen molar-refractivity contribution >= 4 is 17.5 Å². The first-order valence-electron chi connectivity index (χ1n) is 10.8. The Kier molecular flexibility index (Phi) is 7.14. The highest BCUT2D eigenvalue weighted by Gasteiger charge is 2.31. The molecule has 160 valence electrons. The SMILES string of the molecule is Cc1cccc(N2CCN(C(=O)[C@@H](NC(=O)Cc3ccccc3)C(C)C)CC2)c1C. The van der Waals surface area contributed by atoms with Crippen LogP contribution in [0.4, 0.5) is 5.69 Å². The summed E-state index contributed by atoms with van der Waals surface area (Å²) in [7, 11) is 0. The van der Waals surface area contributed by atoms with Crippen LogP contribution in [0.1, 0.15) is 30.5 Å². The molecule has 1 aliphatic rings. The van der Waals surface area contributed by atoms with Gasteiger partial charge in [0, 0.05) is 31.9 Å². The zero-order chi connectivity index (χ0) is 21.7. The van der Waals surface area contributed by atoms with E-state index in [1.54, 1.807) is 0 Å². The number of nitrogens with zero attached hydrogens (tertiary/aromatic N) is 2. The molecule has 1 aliphatic heterocycles. The molecular formula is C25H33N3O2. The summed E-state index contributed by atoms with van der Waals surface area (Å²) in [5.41, 5.74) is 4.78. The first-order valence-corrected chi connectivity index (χ1v) is 10.8. The molecule has 1 atom stereocenters. The van der Waals surface area contributed by atoms with E-state index >= 15 is 0 Å². The minimum Gasteiger partial charge on any atom is -0.368 e. The maximum absolute atomic E-state index is 13.2. The Balaban J connectivity index is 1.60. The zero-order valence-corrected chi connectivity index (χ0v) is 18.5. The number of hydrogen-bond acceptors (Lipinski definition) is 3. The van der Waals surface area contributed by atoms with Crippen molar-refractivity contribution in [3.8, 4) is 0 Å². The van der Waals surface area contributed by atoms with E-state index in [1.165, 1.54) is 16.8 Å². The normalized spacial score (nSPS) is 15.2. The van der Waals surface area contributed by atoms with Crippen molar-refractivity contribution in [1.82, 2.24) is 10.2 Å². The molecule has 0 aliphatic carbocycles. The van der Waals surface area contributed by atoms with Gasteiger partial charge in [0.25, 0.3) is 0 Å². The van der Waals surface area contributed by atoms with Gasteiger partial charge in [-0.15, -0.1) is 0 Å². The average molecular weight is 408 g/mol. The molecule has 0 bridgehead atoms. The van der Waals surface area contributed by atoms with Gasteiger partial charge >= 0.3 is 0 Å². The maximum Gasteiger partial charge on any atom is 0.245 e. The number of hydrogen-bond donors (Lipinski definition) is 1. The van der Waals surface area contributed by atoms with Crippen molar-refractivity contribution in [1.29, 1.82) is 0 Å². The van der Waals surface area contributed by atoms with Crippen molar-refractivity contribution in [2.24, 2.45) is 5.92 Å². The summed E-state index contributed by atoms with van der Waals surface area (Å²) in [5.74, 6) is -0.0523. The van der Waals surface area contributed by atoms with E-state index < -0.39 is 6.04 Å². The topological polar surface area (TPSA) is 52.6 Å². The third-order valence-corrected chi connectivity index (χ3v) is 5.96. The van der Waals surface area contributed by atoms with Crippen LogP contribution in [0.25, 0.3) is 0 Å². The number of piperazine rings is 1. The van der Waals surface area contributed by atoms with Crippen molar-refractivity contribution in [2.45, 2.75) is 40.2 Å². The summed E-state index contributed by atoms with van der Waals surface area (Å²) < 4.78 is 0. The molecule has 0 spiro atoms. The smallest absolute Gasteiger partial charge is 0.245 e. The summed E-state index contributed by atoms with van der Waals surface area (Å²) in [6.07, 6.45) is 0.289. The lowest BCUT2D eigenvalue weighted by Gasteiger charge is -2.39. The first kappa shape index (κ1) is 21.9. The molecule has 2 amide bonds. The molecular weight excluding hydrogens is 374 g/mol. The van der Waals surface area contributed by atoms with E-state index in [0.717, 1.165) is 18.7 Å². The summed E-state index contributed by atoms with van der Waals surface area (Å²) in [4.78, 5) is 30.0. The van der Waals surface area contributed by atoms with Crippen molar-refractivity contribution in [3.63, 3.8) is 0 Å². The maximum atomic E-state index is 13.2. The monoisotopic (exact) mass is 407 g/mol. The zero-order valence-electron chi connectivity index (χ0n) is 18.5. The molecule has 3 rings (SSSR count). The van der Waals surface area contributed by atoms with Gasteiger partial charge in [0.05, 0.1) is 6.42 Å². The minimum absolute atomic E-state index is 0.0204. The highest BCUT2D eigenvalue weighted by Crippen LogP contribution is 2.24. The van der Waals surface area contributed by atoms with Gasteiger partial charge in [-0.3, -0.25) is 9.59 Å². The number of anilines is 1. The van der Waals surface area contributed by atoms with Crippen LogP contribution in [0.2, 0.25) is 0 Å². The second-order valence-corrected chi connectivity index (χ2v) is 8.48. The molecule has 0 aromatic heterocycles. The van der Waals surface area contributed by atoms with Crippen LogP contribution in [-0.4, -0.2) is 48.9 Å². The number of carbonyl (C=O) groups is 2. The van der Waals surface area contributed by atoms with Crippen LogP contribution in [-0.2, 0) is 16.0 Å². The van der Waals surface area contributed by atoms with Crippen molar-refractivity contribution < 1.29 is 9.59 Å². The van der Waals surface area contributed by atoms with Gasteiger partial charge < -0.3 is 15.1 Å². The molecule has 2 aromatic carbocycles. The molecule has 0 radical (unpaired) electrons. The fourth-order valence-corrected chi connectivity index (χ4v) is 3.96. The third-order valence-electron chi connectivity index (χ3n) is 5.96. The Bertz CT molecular complexity index is 871. The Morgan fingerprint density at radius 3 is 2.23 bits per heavy atom. The lowest BCUT2D eigenvalue weighted by molar-refractivity contribution is -0.137. The fraction of sp³-hybridized carbons (Fsp3) is 0.440. The van der Waals surface area contributed by atoms with Gasteiger partial charge in [0.15, 0.2) is 0 Å². The van der Waals surface area contributed by atoms with Gasteiger partial charge in [-0.05, 0) is 42.5 Å². The van der Waals surface area contributed by atoms with E-state index in [4.69, 9.17) is 0 Å². The van der Waals surface area contributed by atoms with Crippen LogP contribution < -0.4 is 10.2 Å². The van der Waals surface area contributed by atoms with Crippen LogP contribution in [0.3, 0.4) is 0 Å². The third kappa shape index (κ3) is 5.21. The number of rotatable bonds is 6. The van der Waals surface area contributed by atoms with Gasteiger partial charge in [0.2, 0.25) is 11.8 Å². The number of nitrogens with one attached hydrogen (secondary N) is 1. The second kappa shape index (κ2) is 9.79. The predicted octanol–water partition coefficient (Wildman–Crippen LogP) is 3.34. The van der Waals surface area contributed by atoms with Crippen molar-refractivity contribution in [3.05, 3.63) is 65.2 Å². The summed E-state index contributed by atoms with van der Waals surface area (Å²) in [6.45, 7) is 11.2. The quantitative estimate of drug-likeness (QED) is 0.799. The Labute approximate surface area is 180 Å². The summed E-state index contributed by atoms with van der Waals surface area (Å²) >= 11 is 0. The number of benzene rings is 2. The average Bonchev–Trinajstić information content (AvgIpc) is 2.74. The summed E-state index contributed by atoms with van der Waals surface area (Å²) in [6, 6.07) is 15.5.